The minimum absolute atomic E-state index is 0.114. The molecule has 2 amide bonds. The predicted molar refractivity (Wildman–Crippen MR) is 169 cm³/mol. The molecule has 0 unspecified atom stereocenters. The predicted octanol–water partition coefficient (Wildman–Crippen LogP) is 3.69. The van der Waals surface area contributed by atoms with E-state index in [0.717, 1.165) is 31.7 Å². The third-order valence-corrected chi connectivity index (χ3v) is 7.15. The summed E-state index contributed by atoms with van der Waals surface area (Å²) in [5.74, 6) is -0.237. The Balaban J connectivity index is 1.60. The van der Waals surface area contributed by atoms with Crippen LogP contribution in [0.15, 0.2) is 59.8 Å². The lowest BCUT2D eigenvalue weighted by Crippen LogP contribution is -2.50. The molecule has 0 aliphatic carbocycles. The largest absolute Gasteiger partial charge is 0.497 e. The highest BCUT2D eigenvalue weighted by molar-refractivity contribution is 6.44. The molecule has 2 aromatic carbocycles. The van der Waals surface area contributed by atoms with Crippen molar-refractivity contribution in [3.63, 3.8) is 0 Å². The molecule has 1 aliphatic rings. The molecule has 0 aromatic heterocycles. The summed E-state index contributed by atoms with van der Waals surface area (Å²) in [5.41, 5.74) is 7.66. The van der Waals surface area contributed by atoms with Crippen molar-refractivity contribution in [2.75, 3.05) is 63.6 Å². The Morgan fingerprint density at radius 1 is 1.09 bits per heavy atom. The molecule has 1 fully saturated rings. The van der Waals surface area contributed by atoms with Crippen LogP contribution in [0, 0.1) is 5.41 Å². The van der Waals surface area contributed by atoms with Gasteiger partial charge in [-0.2, -0.15) is 0 Å². The van der Waals surface area contributed by atoms with E-state index in [2.05, 4.69) is 22.3 Å². The van der Waals surface area contributed by atoms with Crippen LogP contribution in [-0.4, -0.2) is 92.8 Å². The van der Waals surface area contributed by atoms with E-state index in [1.807, 2.05) is 44.9 Å². The number of nitrogens with two attached hydrogens (primary N) is 1. The zero-order valence-corrected chi connectivity index (χ0v) is 25.8. The molecule has 0 atom stereocenters. The van der Waals surface area contributed by atoms with Gasteiger partial charge in [-0.3, -0.25) is 19.9 Å². The fourth-order valence-corrected chi connectivity index (χ4v) is 4.67. The van der Waals surface area contributed by atoms with Crippen LogP contribution in [0.1, 0.15) is 32.8 Å². The average Bonchev–Trinajstić information content (AvgIpc) is 2.99. The second-order valence-corrected chi connectivity index (χ2v) is 11.5. The first-order valence-electron chi connectivity index (χ1n) is 14.4. The Hall–Kier alpha value is -4.38. The smallest absolute Gasteiger partial charge is 0.410 e. The van der Waals surface area contributed by atoms with E-state index in [1.54, 1.807) is 36.3 Å². The molecule has 43 heavy (non-hydrogen) atoms. The summed E-state index contributed by atoms with van der Waals surface area (Å²) in [7, 11) is 3.49. The highest BCUT2D eigenvalue weighted by Gasteiger charge is 2.25. The Labute approximate surface area is 254 Å². The number of nitrogens with one attached hydrogen (secondary N) is 2. The molecule has 1 aliphatic heterocycles. The van der Waals surface area contributed by atoms with Crippen LogP contribution in [0.4, 0.5) is 16.2 Å². The number of hydrogen-bond donors (Lipinski definition) is 3. The number of carbonyl (C=O) groups excluding carboxylic acids is 3. The van der Waals surface area contributed by atoms with Crippen LogP contribution in [-0.2, 0) is 20.7 Å². The number of anilines is 2. The van der Waals surface area contributed by atoms with Crippen molar-refractivity contribution in [2.24, 2.45) is 5.73 Å². The van der Waals surface area contributed by atoms with Crippen molar-refractivity contribution in [3.8, 4) is 5.75 Å². The van der Waals surface area contributed by atoms with Gasteiger partial charge in [-0.15, -0.1) is 0 Å². The third-order valence-electron chi connectivity index (χ3n) is 7.15. The van der Waals surface area contributed by atoms with Crippen LogP contribution in [0.25, 0.3) is 0 Å². The van der Waals surface area contributed by atoms with Gasteiger partial charge in [0.2, 0.25) is 0 Å². The van der Waals surface area contributed by atoms with Gasteiger partial charge in [-0.1, -0.05) is 12.1 Å². The van der Waals surface area contributed by atoms with Gasteiger partial charge in [0, 0.05) is 63.3 Å². The Morgan fingerprint density at radius 3 is 2.35 bits per heavy atom. The fraction of sp³-hybridized carbons (Fsp3) is 0.438. The van der Waals surface area contributed by atoms with Gasteiger partial charge in [-0.25, -0.2) is 4.79 Å². The topological polar surface area (TPSA) is 141 Å². The van der Waals surface area contributed by atoms with Crippen LogP contribution < -0.4 is 20.7 Å². The van der Waals surface area contributed by atoms with E-state index in [9.17, 15) is 14.4 Å². The first-order chi connectivity index (χ1) is 20.4. The summed E-state index contributed by atoms with van der Waals surface area (Å²) >= 11 is 0. The average molecular weight is 593 g/mol. The van der Waals surface area contributed by atoms with Gasteiger partial charge in [-0.05, 0) is 75.6 Å². The van der Waals surface area contributed by atoms with Crippen molar-refractivity contribution < 1.29 is 23.9 Å². The maximum Gasteiger partial charge on any atom is 0.410 e. The molecule has 1 heterocycles. The number of primary amides is 1. The zero-order chi connectivity index (χ0) is 31.6. The van der Waals surface area contributed by atoms with E-state index in [4.69, 9.17) is 20.6 Å². The molecule has 11 nitrogen and oxygen atoms in total. The van der Waals surface area contributed by atoms with E-state index < -0.39 is 17.2 Å². The molecule has 0 radical (unpaired) electrons. The molecule has 4 N–H and O–H groups in total. The monoisotopic (exact) mass is 592 g/mol. The molecule has 0 saturated carbocycles. The van der Waals surface area contributed by atoms with Crippen LogP contribution in [0.5, 0.6) is 5.75 Å². The number of nitrogens with zero attached hydrogens (tertiary/aromatic N) is 3. The highest BCUT2D eigenvalue weighted by Crippen LogP contribution is 2.21. The fourth-order valence-electron chi connectivity index (χ4n) is 4.67. The van der Waals surface area contributed by atoms with Gasteiger partial charge in [0.1, 0.15) is 17.1 Å². The molecule has 11 heteroatoms. The molecule has 1 saturated heterocycles. The molecule has 3 rings (SSSR count). The lowest BCUT2D eigenvalue weighted by atomic mass is 10.0. The van der Waals surface area contributed by atoms with Gasteiger partial charge >= 0.3 is 6.09 Å². The Morgan fingerprint density at radius 2 is 1.77 bits per heavy atom. The maximum absolute atomic E-state index is 12.3. The van der Waals surface area contributed by atoms with Gasteiger partial charge in [0.05, 0.1) is 12.8 Å². The molecule has 2 aromatic rings. The van der Waals surface area contributed by atoms with Gasteiger partial charge in [0.15, 0.2) is 6.29 Å². The third kappa shape index (κ3) is 10.1. The normalized spacial score (nSPS) is 14.4. The lowest BCUT2D eigenvalue weighted by Gasteiger charge is -2.35. The second-order valence-electron chi connectivity index (χ2n) is 11.5. The SMILES string of the molecule is COc1ccc(N/C(C=O)=C(/CCN(C)c2cccc(CCN3CCN(C(=O)OC(C)(C)C)CC3)c2)C(=N)C(N)=O)cc1. The number of methoxy groups -OCH3 is 1. The molecule has 232 valence electrons. The summed E-state index contributed by atoms with van der Waals surface area (Å²) in [6.07, 6.45) is 1.45. The summed E-state index contributed by atoms with van der Waals surface area (Å²) in [4.78, 5) is 42.4. The number of amides is 2. The molecule has 0 bridgehead atoms. The minimum Gasteiger partial charge on any atom is -0.497 e. The van der Waals surface area contributed by atoms with Gasteiger partial charge < -0.3 is 30.3 Å². The van der Waals surface area contributed by atoms with E-state index in [-0.39, 0.29) is 23.8 Å². The number of carbonyl (C=O) groups is 3. The van der Waals surface area contributed by atoms with Crippen molar-refractivity contribution in [2.45, 2.75) is 39.2 Å². The van der Waals surface area contributed by atoms with Crippen LogP contribution >= 0.6 is 0 Å². The summed E-state index contributed by atoms with van der Waals surface area (Å²) in [5, 5.41) is 11.3. The number of hydrogen-bond acceptors (Lipinski definition) is 9. The molecular weight excluding hydrogens is 548 g/mol. The second kappa shape index (κ2) is 15.2. The maximum atomic E-state index is 12.3. The van der Waals surface area contributed by atoms with Gasteiger partial charge in [0.25, 0.3) is 5.91 Å². The number of allylic oxidation sites excluding steroid dienone is 1. The first-order valence-corrected chi connectivity index (χ1v) is 14.4. The summed E-state index contributed by atoms with van der Waals surface area (Å²) in [6.45, 7) is 9.82. The Bertz CT molecular complexity index is 1310. The number of ether oxygens (including phenoxy) is 2. The summed E-state index contributed by atoms with van der Waals surface area (Å²) < 4.78 is 10.7. The Kier molecular flexibility index (Phi) is 11.7. The van der Waals surface area contributed by atoms with Crippen molar-refractivity contribution in [1.29, 1.82) is 5.41 Å². The molecule has 0 spiro atoms. The summed E-state index contributed by atoms with van der Waals surface area (Å²) in [6, 6.07) is 15.2. The zero-order valence-electron chi connectivity index (χ0n) is 25.8. The van der Waals surface area contributed by atoms with Crippen LogP contribution in [0.3, 0.4) is 0 Å². The van der Waals surface area contributed by atoms with Crippen molar-refractivity contribution >= 4 is 35.4 Å². The van der Waals surface area contributed by atoms with E-state index >= 15 is 0 Å². The number of aldehydes is 1. The minimum atomic E-state index is -0.901. The lowest BCUT2D eigenvalue weighted by molar-refractivity contribution is -0.112. The van der Waals surface area contributed by atoms with Crippen LogP contribution in [0.2, 0.25) is 0 Å². The number of benzene rings is 2. The van der Waals surface area contributed by atoms with Crippen molar-refractivity contribution in [1.82, 2.24) is 9.80 Å². The highest BCUT2D eigenvalue weighted by atomic mass is 16.6. The standard InChI is InChI=1S/C32H44N6O5/c1-32(2,3)43-31(41)38-19-17-37(18-20-38)16-13-23-7-6-8-25(21-23)36(4)15-14-27(29(33)30(34)40)28(22-39)35-24-9-11-26(42-5)12-10-24/h6-12,21-22,33,35H,13-20H2,1-5H3,(H2,34,40)/b28-27-,33-29?. The molecular formula is C32H44N6O5. The number of rotatable bonds is 13. The quantitative estimate of drug-likeness (QED) is 0.182. The van der Waals surface area contributed by atoms with Crippen molar-refractivity contribution in [3.05, 3.63) is 65.4 Å². The number of piperazine rings is 1. The van der Waals surface area contributed by atoms with E-state index in [0.29, 0.717) is 37.4 Å². The van der Waals surface area contributed by atoms with E-state index in [1.165, 1.54) is 5.56 Å². The first kappa shape index (κ1) is 33.1.